The summed E-state index contributed by atoms with van der Waals surface area (Å²) in [4.78, 5) is 13.7. The average Bonchev–Trinajstić information content (AvgIpc) is 2.94. The van der Waals surface area contributed by atoms with Gasteiger partial charge in [-0.1, -0.05) is 11.2 Å². The number of urea groups is 1. The van der Waals surface area contributed by atoms with Crippen LogP contribution in [0.5, 0.6) is 5.75 Å². The lowest BCUT2D eigenvalue weighted by molar-refractivity contribution is 0.197. The van der Waals surface area contributed by atoms with Crippen molar-refractivity contribution < 1.29 is 18.4 Å². The van der Waals surface area contributed by atoms with Gasteiger partial charge < -0.3 is 19.5 Å². The molecule has 1 atom stereocenters. The second-order valence-corrected chi connectivity index (χ2v) is 5.58. The second-order valence-electron chi connectivity index (χ2n) is 5.58. The molecule has 0 fully saturated rings. The quantitative estimate of drug-likeness (QED) is 0.878. The van der Waals surface area contributed by atoms with Gasteiger partial charge in [-0.3, -0.25) is 0 Å². The summed E-state index contributed by atoms with van der Waals surface area (Å²) in [6, 6.07) is 5.81. The largest absolute Gasteiger partial charge is 0.491 e. The molecular formula is C17H22FN3O3. The number of hydrogen-bond acceptors (Lipinski definition) is 4. The van der Waals surface area contributed by atoms with Gasteiger partial charge in [0.1, 0.15) is 0 Å². The van der Waals surface area contributed by atoms with E-state index in [0.29, 0.717) is 24.5 Å². The fourth-order valence-corrected chi connectivity index (χ4v) is 2.23. The highest BCUT2D eigenvalue weighted by Gasteiger charge is 2.16. The molecule has 0 spiro atoms. The molecule has 1 N–H and O–H groups in total. The molecule has 2 aromatic rings. The van der Waals surface area contributed by atoms with Crippen molar-refractivity contribution in [2.45, 2.75) is 33.4 Å². The zero-order valence-electron chi connectivity index (χ0n) is 14.3. The maximum atomic E-state index is 13.9. The van der Waals surface area contributed by atoms with Crippen LogP contribution in [0.1, 0.15) is 36.9 Å². The molecule has 1 aromatic carbocycles. The van der Waals surface area contributed by atoms with Gasteiger partial charge in [-0.15, -0.1) is 0 Å². The molecule has 130 valence electrons. The van der Waals surface area contributed by atoms with E-state index in [1.54, 1.807) is 39.1 Å². The molecule has 0 unspecified atom stereocenters. The molecule has 1 heterocycles. The molecule has 0 aliphatic heterocycles. The fraction of sp³-hybridized carbons (Fsp3) is 0.412. The van der Waals surface area contributed by atoms with Gasteiger partial charge >= 0.3 is 6.03 Å². The Balaban J connectivity index is 1.96. The van der Waals surface area contributed by atoms with Gasteiger partial charge in [0.2, 0.25) is 0 Å². The van der Waals surface area contributed by atoms with E-state index in [0.717, 1.165) is 5.69 Å². The summed E-state index contributed by atoms with van der Waals surface area (Å²) >= 11 is 0. The fourth-order valence-electron chi connectivity index (χ4n) is 2.23. The van der Waals surface area contributed by atoms with Gasteiger partial charge in [-0.05, 0) is 38.5 Å². The minimum absolute atomic E-state index is 0.206. The highest BCUT2D eigenvalue weighted by atomic mass is 19.1. The van der Waals surface area contributed by atoms with Crippen LogP contribution in [0.25, 0.3) is 0 Å². The first kappa shape index (κ1) is 17.8. The summed E-state index contributed by atoms with van der Waals surface area (Å²) in [7, 11) is 1.65. The minimum atomic E-state index is -0.444. The third-order valence-electron chi connectivity index (χ3n) is 3.51. The molecule has 24 heavy (non-hydrogen) atoms. The Morgan fingerprint density at radius 1 is 1.46 bits per heavy atom. The van der Waals surface area contributed by atoms with Gasteiger partial charge in [0.05, 0.1) is 24.9 Å². The number of aryl methyl sites for hydroxylation is 1. The van der Waals surface area contributed by atoms with E-state index in [9.17, 15) is 9.18 Å². The summed E-state index contributed by atoms with van der Waals surface area (Å²) in [6.07, 6.45) is 0. The van der Waals surface area contributed by atoms with Crippen LogP contribution in [0.4, 0.5) is 9.18 Å². The smallest absolute Gasteiger partial charge is 0.318 e. The highest BCUT2D eigenvalue weighted by molar-refractivity contribution is 5.74. The van der Waals surface area contributed by atoms with E-state index in [-0.39, 0.29) is 17.8 Å². The van der Waals surface area contributed by atoms with Crippen molar-refractivity contribution in [3.63, 3.8) is 0 Å². The monoisotopic (exact) mass is 335 g/mol. The van der Waals surface area contributed by atoms with Crippen molar-refractivity contribution in [3.8, 4) is 5.75 Å². The first-order valence-corrected chi connectivity index (χ1v) is 7.76. The van der Waals surface area contributed by atoms with Crippen LogP contribution in [-0.2, 0) is 6.54 Å². The van der Waals surface area contributed by atoms with E-state index in [4.69, 9.17) is 9.26 Å². The Morgan fingerprint density at radius 3 is 2.79 bits per heavy atom. The SMILES string of the molecule is CCOc1ccc([C@@H](C)NC(=O)N(C)Cc2cc(C)no2)cc1F. The van der Waals surface area contributed by atoms with Crippen molar-refractivity contribution in [3.05, 3.63) is 47.1 Å². The minimum Gasteiger partial charge on any atom is -0.491 e. The molecular weight excluding hydrogens is 313 g/mol. The first-order valence-electron chi connectivity index (χ1n) is 7.76. The zero-order chi connectivity index (χ0) is 17.7. The molecule has 6 nitrogen and oxygen atoms in total. The number of ether oxygens (including phenoxy) is 1. The summed E-state index contributed by atoms with van der Waals surface area (Å²) < 4.78 is 24.2. The zero-order valence-corrected chi connectivity index (χ0v) is 14.3. The number of rotatable bonds is 6. The molecule has 0 saturated carbocycles. The molecule has 1 aromatic heterocycles. The predicted molar refractivity (Wildman–Crippen MR) is 87.2 cm³/mol. The summed E-state index contributed by atoms with van der Waals surface area (Å²) in [6.45, 7) is 6.10. The first-order chi connectivity index (χ1) is 11.4. The molecule has 2 amide bonds. The number of amides is 2. The van der Waals surface area contributed by atoms with Gasteiger partial charge in [-0.2, -0.15) is 0 Å². The molecule has 7 heteroatoms. The van der Waals surface area contributed by atoms with E-state index in [1.807, 2.05) is 6.92 Å². The third-order valence-corrected chi connectivity index (χ3v) is 3.51. The predicted octanol–water partition coefficient (Wildman–Crippen LogP) is 3.42. The number of nitrogens with zero attached hydrogens (tertiary/aromatic N) is 2. The van der Waals surface area contributed by atoms with Crippen LogP contribution in [0.15, 0.2) is 28.8 Å². The standard InChI is InChI=1S/C17H22FN3O3/c1-5-23-16-7-6-13(9-15(16)18)12(3)19-17(22)21(4)10-14-8-11(2)20-24-14/h6-9,12H,5,10H2,1-4H3,(H,19,22)/t12-/m1/s1. The maximum Gasteiger partial charge on any atom is 0.318 e. The van der Waals surface area contributed by atoms with Crippen LogP contribution in [0.3, 0.4) is 0 Å². The van der Waals surface area contributed by atoms with Crippen LogP contribution < -0.4 is 10.1 Å². The molecule has 0 aliphatic rings. The van der Waals surface area contributed by atoms with Crippen LogP contribution in [0.2, 0.25) is 0 Å². The number of halogens is 1. The van der Waals surface area contributed by atoms with Gasteiger partial charge in [-0.25, -0.2) is 9.18 Å². The number of aromatic nitrogens is 1. The number of carbonyl (C=O) groups is 1. The van der Waals surface area contributed by atoms with Crippen molar-refractivity contribution in [1.82, 2.24) is 15.4 Å². The highest BCUT2D eigenvalue weighted by Crippen LogP contribution is 2.22. The van der Waals surface area contributed by atoms with Crippen LogP contribution in [-0.4, -0.2) is 29.7 Å². The number of nitrogens with one attached hydrogen (secondary N) is 1. The third kappa shape index (κ3) is 4.47. The number of benzene rings is 1. The summed E-state index contributed by atoms with van der Waals surface area (Å²) in [5.41, 5.74) is 1.42. The van der Waals surface area contributed by atoms with Crippen molar-refractivity contribution in [1.29, 1.82) is 0 Å². The van der Waals surface area contributed by atoms with E-state index >= 15 is 0 Å². The molecule has 0 aliphatic carbocycles. The number of carbonyl (C=O) groups excluding carboxylic acids is 1. The van der Waals surface area contributed by atoms with E-state index in [1.165, 1.54) is 11.0 Å². The topological polar surface area (TPSA) is 67.6 Å². The van der Waals surface area contributed by atoms with Gasteiger partial charge in [0.25, 0.3) is 0 Å². The van der Waals surface area contributed by atoms with Crippen LogP contribution >= 0.6 is 0 Å². The van der Waals surface area contributed by atoms with Gasteiger partial charge in [0.15, 0.2) is 17.3 Å². The van der Waals surface area contributed by atoms with E-state index in [2.05, 4.69) is 10.5 Å². The van der Waals surface area contributed by atoms with E-state index < -0.39 is 5.82 Å². The lowest BCUT2D eigenvalue weighted by Gasteiger charge is -2.21. The normalized spacial score (nSPS) is 11.9. The van der Waals surface area contributed by atoms with Crippen molar-refractivity contribution >= 4 is 6.03 Å². The Labute approximate surface area is 140 Å². The maximum absolute atomic E-state index is 13.9. The molecule has 0 radical (unpaired) electrons. The van der Waals surface area contributed by atoms with Gasteiger partial charge in [0, 0.05) is 13.1 Å². The lowest BCUT2D eigenvalue weighted by Crippen LogP contribution is -2.38. The lowest BCUT2D eigenvalue weighted by atomic mass is 10.1. The van der Waals surface area contributed by atoms with Crippen molar-refractivity contribution in [2.75, 3.05) is 13.7 Å². The molecule has 0 saturated heterocycles. The molecule has 0 bridgehead atoms. The summed E-state index contributed by atoms with van der Waals surface area (Å²) in [5, 5.41) is 6.60. The Morgan fingerprint density at radius 2 is 2.21 bits per heavy atom. The molecule has 2 rings (SSSR count). The van der Waals surface area contributed by atoms with Crippen molar-refractivity contribution in [2.24, 2.45) is 0 Å². The Kier molecular flexibility index (Phi) is 5.78. The Bertz CT molecular complexity index is 702. The Hall–Kier alpha value is -2.57. The summed E-state index contributed by atoms with van der Waals surface area (Å²) in [5.74, 6) is 0.364. The second kappa shape index (κ2) is 7.81. The number of hydrogen-bond donors (Lipinski definition) is 1. The van der Waals surface area contributed by atoms with Crippen LogP contribution in [0, 0.1) is 12.7 Å². The average molecular weight is 335 g/mol.